The number of nitro groups is 1. The second kappa shape index (κ2) is 8.82. The largest absolute Gasteiger partial charge is 0.496 e. The van der Waals surface area contributed by atoms with Crippen LogP contribution in [0.4, 0.5) is 10.5 Å². The van der Waals surface area contributed by atoms with Crippen molar-refractivity contribution in [3.63, 3.8) is 0 Å². The normalized spacial score (nSPS) is 15.0. The van der Waals surface area contributed by atoms with E-state index >= 15 is 0 Å². The van der Waals surface area contributed by atoms with Crippen LogP contribution in [0.5, 0.6) is 5.75 Å². The third-order valence-electron chi connectivity index (χ3n) is 4.03. The molecule has 1 aromatic carbocycles. The van der Waals surface area contributed by atoms with E-state index in [1.54, 1.807) is 19.1 Å². The number of rotatable bonds is 7. The summed E-state index contributed by atoms with van der Waals surface area (Å²) in [5.74, 6) is -0.410. The van der Waals surface area contributed by atoms with Crippen LogP contribution in [0.25, 0.3) is 17.4 Å². The quantitative estimate of drug-likeness (QED) is 0.279. The first-order valence-corrected chi connectivity index (χ1v) is 9.49. The minimum Gasteiger partial charge on any atom is -0.496 e. The second-order valence-electron chi connectivity index (χ2n) is 5.92. The van der Waals surface area contributed by atoms with Crippen LogP contribution in [-0.2, 0) is 14.3 Å². The highest BCUT2D eigenvalue weighted by Gasteiger charge is 2.36. The van der Waals surface area contributed by atoms with E-state index in [0.29, 0.717) is 23.1 Å². The third kappa shape index (κ3) is 4.35. The van der Waals surface area contributed by atoms with Gasteiger partial charge in [0, 0.05) is 18.2 Å². The number of hydrogen-bond acceptors (Lipinski definition) is 9. The van der Waals surface area contributed by atoms with Gasteiger partial charge < -0.3 is 13.9 Å². The molecule has 0 unspecified atom stereocenters. The Morgan fingerprint density at radius 3 is 2.73 bits per heavy atom. The number of nitrogens with zero attached hydrogens (tertiary/aromatic N) is 2. The highest BCUT2D eigenvalue weighted by molar-refractivity contribution is 8.18. The molecule has 1 aromatic heterocycles. The average Bonchev–Trinajstić information content (AvgIpc) is 3.28. The molecule has 2 amide bonds. The van der Waals surface area contributed by atoms with Crippen molar-refractivity contribution in [2.45, 2.75) is 6.92 Å². The van der Waals surface area contributed by atoms with Crippen LogP contribution in [-0.4, -0.2) is 47.2 Å². The zero-order chi connectivity index (χ0) is 21.8. The summed E-state index contributed by atoms with van der Waals surface area (Å²) in [4.78, 5) is 47.4. The molecule has 1 fully saturated rings. The van der Waals surface area contributed by atoms with E-state index in [9.17, 15) is 24.5 Å². The zero-order valence-electron chi connectivity index (χ0n) is 15.9. The Balaban J connectivity index is 1.85. The van der Waals surface area contributed by atoms with Gasteiger partial charge in [0.15, 0.2) is 0 Å². The topological polar surface area (TPSA) is 129 Å². The van der Waals surface area contributed by atoms with Crippen LogP contribution < -0.4 is 4.74 Å². The van der Waals surface area contributed by atoms with E-state index in [1.807, 2.05) is 0 Å². The first-order valence-electron chi connectivity index (χ1n) is 8.67. The van der Waals surface area contributed by atoms with Gasteiger partial charge in [-0.2, -0.15) is 0 Å². The van der Waals surface area contributed by atoms with Crippen LogP contribution >= 0.6 is 11.8 Å². The molecular weight excluding hydrogens is 416 g/mol. The summed E-state index contributed by atoms with van der Waals surface area (Å²) < 4.78 is 15.7. The van der Waals surface area contributed by atoms with Gasteiger partial charge in [0.05, 0.1) is 29.1 Å². The number of ether oxygens (including phenoxy) is 2. The van der Waals surface area contributed by atoms with E-state index < -0.39 is 28.6 Å². The zero-order valence-corrected chi connectivity index (χ0v) is 16.8. The molecule has 3 rings (SSSR count). The summed E-state index contributed by atoms with van der Waals surface area (Å²) in [6, 6.07) is 7.19. The smallest absolute Gasteiger partial charge is 0.326 e. The first-order chi connectivity index (χ1) is 14.3. The predicted octanol–water partition coefficient (Wildman–Crippen LogP) is 3.46. The van der Waals surface area contributed by atoms with Crippen molar-refractivity contribution in [3.8, 4) is 17.1 Å². The molecule has 0 radical (unpaired) electrons. The molecule has 0 N–H and O–H groups in total. The number of carbonyl (C=O) groups is 3. The van der Waals surface area contributed by atoms with Crippen LogP contribution in [0.15, 0.2) is 39.7 Å². The monoisotopic (exact) mass is 432 g/mol. The summed E-state index contributed by atoms with van der Waals surface area (Å²) in [6.07, 6.45) is 1.36. The maximum atomic E-state index is 12.4. The molecule has 10 nitrogen and oxygen atoms in total. The summed E-state index contributed by atoms with van der Waals surface area (Å²) >= 11 is 0.673. The minimum absolute atomic E-state index is 0.0798. The van der Waals surface area contributed by atoms with E-state index in [2.05, 4.69) is 0 Å². The maximum absolute atomic E-state index is 12.4. The molecule has 0 atom stereocenters. The molecule has 11 heteroatoms. The summed E-state index contributed by atoms with van der Waals surface area (Å²) in [7, 11) is 1.42. The van der Waals surface area contributed by atoms with Gasteiger partial charge in [0.25, 0.3) is 16.8 Å². The van der Waals surface area contributed by atoms with Crippen LogP contribution in [0, 0.1) is 10.1 Å². The molecule has 0 aliphatic carbocycles. The van der Waals surface area contributed by atoms with Crippen molar-refractivity contribution in [1.29, 1.82) is 0 Å². The van der Waals surface area contributed by atoms with E-state index in [-0.39, 0.29) is 28.7 Å². The average molecular weight is 432 g/mol. The lowest BCUT2D eigenvalue weighted by Crippen LogP contribution is -2.34. The minimum atomic E-state index is -0.681. The van der Waals surface area contributed by atoms with Crippen LogP contribution in [0.2, 0.25) is 0 Å². The lowest BCUT2D eigenvalue weighted by atomic mass is 10.1. The van der Waals surface area contributed by atoms with Gasteiger partial charge in [-0.15, -0.1) is 0 Å². The Morgan fingerprint density at radius 1 is 1.30 bits per heavy atom. The second-order valence-corrected chi connectivity index (χ2v) is 6.91. The highest BCUT2D eigenvalue weighted by atomic mass is 32.2. The molecular formula is C19H16N2O8S. The van der Waals surface area contributed by atoms with E-state index in [4.69, 9.17) is 13.9 Å². The molecule has 1 aliphatic heterocycles. The Labute approximate surface area is 174 Å². The number of furan rings is 1. The van der Waals surface area contributed by atoms with Gasteiger partial charge in [-0.25, -0.2) is 0 Å². The van der Waals surface area contributed by atoms with Gasteiger partial charge in [-0.3, -0.25) is 29.4 Å². The van der Waals surface area contributed by atoms with Crippen LogP contribution in [0.3, 0.4) is 0 Å². The number of hydrogen-bond donors (Lipinski definition) is 0. The number of nitro benzene ring substituents is 1. The van der Waals surface area contributed by atoms with Crippen molar-refractivity contribution in [1.82, 2.24) is 4.90 Å². The Kier molecular flexibility index (Phi) is 6.21. The lowest BCUT2D eigenvalue weighted by molar-refractivity contribution is -0.384. The predicted molar refractivity (Wildman–Crippen MR) is 107 cm³/mol. The number of imide groups is 1. The molecule has 1 aliphatic rings. The number of non-ortho nitro benzene ring substituents is 1. The molecule has 2 aromatic rings. The van der Waals surface area contributed by atoms with Crippen molar-refractivity contribution < 1.29 is 33.2 Å². The van der Waals surface area contributed by atoms with Crippen molar-refractivity contribution in [2.24, 2.45) is 0 Å². The maximum Gasteiger partial charge on any atom is 0.326 e. The Morgan fingerprint density at radius 2 is 2.07 bits per heavy atom. The Hall–Kier alpha value is -3.60. The molecule has 30 heavy (non-hydrogen) atoms. The molecule has 0 saturated carbocycles. The van der Waals surface area contributed by atoms with Gasteiger partial charge in [-0.05, 0) is 36.9 Å². The summed E-state index contributed by atoms with van der Waals surface area (Å²) in [5.41, 5.74) is 0.227. The molecule has 0 spiro atoms. The first kappa shape index (κ1) is 21.1. The number of amides is 2. The van der Waals surface area contributed by atoms with Gasteiger partial charge in [0.2, 0.25) is 0 Å². The molecule has 156 valence electrons. The standard InChI is InChI=1S/C19H16N2O8S/c1-3-28-17(22)10-20-18(23)16(30-19(20)24)9-12-5-7-15(29-12)13-8-11(21(25)26)4-6-14(13)27-2/h4-9H,3,10H2,1-2H3/b16-9-. The third-order valence-corrected chi connectivity index (χ3v) is 4.93. The number of methoxy groups -OCH3 is 1. The van der Waals surface area contributed by atoms with Gasteiger partial charge in [-0.1, -0.05) is 0 Å². The number of esters is 1. The van der Waals surface area contributed by atoms with Crippen molar-refractivity contribution in [2.75, 3.05) is 20.3 Å². The van der Waals surface area contributed by atoms with Crippen molar-refractivity contribution in [3.05, 3.63) is 51.1 Å². The van der Waals surface area contributed by atoms with Crippen molar-refractivity contribution >= 4 is 40.6 Å². The van der Waals surface area contributed by atoms with Gasteiger partial charge in [0.1, 0.15) is 23.8 Å². The molecule has 0 bridgehead atoms. The summed E-state index contributed by atoms with van der Waals surface area (Å²) in [5, 5.41) is 10.5. The number of benzene rings is 1. The number of carbonyl (C=O) groups excluding carboxylic acids is 3. The Bertz CT molecular complexity index is 1060. The molecule has 2 heterocycles. The lowest BCUT2D eigenvalue weighted by Gasteiger charge is -2.10. The fourth-order valence-electron chi connectivity index (χ4n) is 2.68. The number of thioether (sulfide) groups is 1. The fourth-order valence-corrected chi connectivity index (χ4v) is 3.50. The summed E-state index contributed by atoms with van der Waals surface area (Å²) in [6.45, 7) is 1.29. The fraction of sp³-hybridized carbons (Fsp3) is 0.211. The van der Waals surface area contributed by atoms with Gasteiger partial charge >= 0.3 is 5.97 Å². The van der Waals surface area contributed by atoms with E-state index in [0.717, 1.165) is 4.90 Å². The van der Waals surface area contributed by atoms with Crippen LogP contribution in [0.1, 0.15) is 12.7 Å². The SMILES string of the molecule is CCOC(=O)CN1C(=O)S/C(=C\c2ccc(-c3cc([N+](=O)[O-])ccc3OC)o2)C1=O. The highest BCUT2D eigenvalue weighted by Crippen LogP contribution is 2.36. The van der Waals surface area contributed by atoms with E-state index in [1.165, 1.54) is 31.4 Å². The molecule has 1 saturated heterocycles.